The summed E-state index contributed by atoms with van der Waals surface area (Å²) in [6, 6.07) is 14.6. The molecular formula is C20H24N2O4. The van der Waals surface area contributed by atoms with Crippen molar-refractivity contribution in [1.82, 2.24) is 5.43 Å². The molecule has 6 nitrogen and oxygen atoms in total. The number of ether oxygens (including phenoxy) is 3. The van der Waals surface area contributed by atoms with Crippen LogP contribution in [0.15, 0.2) is 53.6 Å². The second-order valence-corrected chi connectivity index (χ2v) is 5.51. The monoisotopic (exact) mass is 356 g/mol. The van der Waals surface area contributed by atoms with Crippen LogP contribution in [0.1, 0.15) is 25.3 Å². The Balaban J connectivity index is 1.84. The number of hydrazone groups is 1. The van der Waals surface area contributed by atoms with E-state index < -0.39 is 0 Å². The Labute approximate surface area is 153 Å². The van der Waals surface area contributed by atoms with E-state index in [1.165, 1.54) is 0 Å². The van der Waals surface area contributed by atoms with E-state index in [2.05, 4.69) is 17.5 Å². The predicted octanol–water partition coefficient (Wildman–Crippen LogP) is 3.40. The van der Waals surface area contributed by atoms with E-state index in [0.29, 0.717) is 23.9 Å². The lowest BCUT2D eigenvalue weighted by atomic mass is 10.2. The fourth-order valence-electron chi connectivity index (χ4n) is 2.09. The zero-order valence-electron chi connectivity index (χ0n) is 15.1. The van der Waals surface area contributed by atoms with Crippen molar-refractivity contribution in [3.8, 4) is 17.2 Å². The molecule has 0 radical (unpaired) electrons. The number of rotatable bonds is 10. The van der Waals surface area contributed by atoms with Gasteiger partial charge in [0, 0.05) is 0 Å². The quantitative estimate of drug-likeness (QED) is 0.402. The highest BCUT2D eigenvalue weighted by Gasteiger charge is 2.05. The van der Waals surface area contributed by atoms with Gasteiger partial charge in [0.1, 0.15) is 5.75 Å². The molecule has 0 aliphatic heterocycles. The third kappa shape index (κ3) is 6.47. The van der Waals surface area contributed by atoms with Gasteiger partial charge in [-0.3, -0.25) is 4.79 Å². The Morgan fingerprint density at radius 1 is 1.12 bits per heavy atom. The standard InChI is InChI=1S/C20H24N2O4/c1-3-4-12-25-18-11-10-16(13-19(18)24-2)14-21-22-20(23)15-26-17-8-6-5-7-9-17/h5-11,13-14H,3-4,12,15H2,1-2H3,(H,22,23)/b21-14+. The molecule has 0 spiro atoms. The first-order chi connectivity index (χ1) is 12.7. The van der Waals surface area contributed by atoms with Gasteiger partial charge in [0.25, 0.3) is 5.91 Å². The predicted molar refractivity (Wildman–Crippen MR) is 101 cm³/mol. The minimum absolute atomic E-state index is 0.102. The molecular weight excluding hydrogens is 332 g/mol. The van der Waals surface area contributed by atoms with Crippen LogP contribution in [0.5, 0.6) is 17.2 Å². The first kappa shape index (κ1) is 19.3. The number of hydrogen-bond donors (Lipinski definition) is 1. The molecule has 0 heterocycles. The van der Waals surface area contributed by atoms with Crippen LogP contribution in [0.4, 0.5) is 0 Å². The maximum absolute atomic E-state index is 11.7. The molecule has 2 rings (SSSR count). The van der Waals surface area contributed by atoms with E-state index in [-0.39, 0.29) is 12.5 Å². The molecule has 2 aromatic rings. The summed E-state index contributed by atoms with van der Waals surface area (Å²) in [4.78, 5) is 11.7. The number of carbonyl (C=O) groups is 1. The van der Waals surface area contributed by atoms with Crippen LogP contribution in [-0.2, 0) is 4.79 Å². The van der Waals surface area contributed by atoms with Crippen molar-refractivity contribution in [3.63, 3.8) is 0 Å². The van der Waals surface area contributed by atoms with Gasteiger partial charge in [0.05, 0.1) is 19.9 Å². The van der Waals surface area contributed by atoms with Gasteiger partial charge < -0.3 is 14.2 Å². The maximum atomic E-state index is 11.7. The minimum atomic E-state index is -0.336. The number of nitrogens with zero attached hydrogens (tertiary/aromatic N) is 1. The Morgan fingerprint density at radius 2 is 1.92 bits per heavy atom. The van der Waals surface area contributed by atoms with Crippen molar-refractivity contribution in [2.24, 2.45) is 5.10 Å². The molecule has 0 atom stereocenters. The van der Waals surface area contributed by atoms with E-state index in [9.17, 15) is 4.79 Å². The van der Waals surface area contributed by atoms with Crippen LogP contribution >= 0.6 is 0 Å². The number of hydrogen-bond acceptors (Lipinski definition) is 5. The lowest BCUT2D eigenvalue weighted by Gasteiger charge is -2.10. The largest absolute Gasteiger partial charge is 0.493 e. The molecule has 2 aromatic carbocycles. The fourth-order valence-corrected chi connectivity index (χ4v) is 2.09. The molecule has 0 fully saturated rings. The summed E-state index contributed by atoms with van der Waals surface area (Å²) in [5.74, 6) is 1.62. The fraction of sp³-hybridized carbons (Fsp3) is 0.300. The van der Waals surface area contributed by atoms with Crippen LogP contribution in [0.2, 0.25) is 0 Å². The van der Waals surface area contributed by atoms with Gasteiger partial charge >= 0.3 is 0 Å². The topological polar surface area (TPSA) is 69.2 Å². The van der Waals surface area contributed by atoms with Gasteiger partial charge in [-0.1, -0.05) is 31.5 Å². The Morgan fingerprint density at radius 3 is 2.65 bits per heavy atom. The molecule has 0 saturated carbocycles. The van der Waals surface area contributed by atoms with Gasteiger partial charge in [-0.2, -0.15) is 5.10 Å². The minimum Gasteiger partial charge on any atom is -0.493 e. The van der Waals surface area contributed by atoms with E-state index in [0.717, 1.165) is 18.4 Å². The Bertz CT molecular complexity index is 717. The van der Waals surface area contributed by atoms with Crippen molar-refractivity contribution in [3.05, 3.63) is 54.1 Å². The third-order valence-electron chi connectivity index (χ3n) is 3.46. The van der Waals surface area contributed by atoms with Gasteiger partial charge in [-0.05, 0) is 42.3 Å². The number of unbranched alkanes of at least 4 members (excludes halogenated alkanes) is 1. The highest BCUT2D eigenvalue weighted by Crippen LogP contribution is 2.27. The third-order valence-corrected chi connectivity index (χ3v) is 3.46. The second-order valence-electron chi connectivity index (χ2n) is 5.51. The van der Waals surface area contributed by atoms with Crippen molar-refractivity contribution in [2.75, 3.05) is 20.3 Å². The first-order valence-electron chi connectivity index (χ1n) is 8.53. The van der Waals surface area contributed by atoms with E-state index in [1.54, 1.807) is 31.5 Å². The van der Waals surface area contributed by atoms with E-state index in [4.69, 9.17) is 14.2 Å². The highest BCUT2D eigenvalue weighted by atomic mass is 16.5. The average molecular weight is 356 g/mol. The average Bonchev–Trinajstić information content (AvgIpc) is 2.68. The number of nitrogens with one attached hydrogen (secondary N) is 1. The van der Waals surface area contributed by atoms with Gasteiger partial charge in [0.2, 0.25) is 0 Å². The van der Waals surface area contributed by atoms with Crippen molar-refractivity contribution < 1.29 is 19.0 Å². The molecule has 0 aromatic heterocycles. The zero-order valence-corrected chi connectivity index (χ0v) is 15.1. The SMILES string of the molecule is CCCCOc1ccc(/C=N/NC(=O)COc2ccccc2)cc1OC. The second kappa shape index (κ2) is 10.8. The molecule has 0 aliphatic carbocycles. The van der Waals surface area contributed by atoms with Gasteiger partial charge in [-0.15, -0.1) is 0 Å². The highest BCUT2D eigenvalue weighted by molar-refractivity contribution is 5.83. The molecule has 1 amide bonds. The molecule has 0 aliphatic rings. The summed E-state index contributed by atoms with van der Waals surface area (Å²) < 4.78 is 16.4. The van der Waals surface area contributed by atoms with E-state index in [1.807, 2.05) is 30.3 Å². The molecule has 138 valence electrons. The molecule has 1 N–H and O–H groups in total. The van der Waals surface area contributed by atoms with Crippen LogP contribution in [-0.4, -0.2) is 32.4 Å². The molecule has 26 heavy (non-hydrogen) atoms. The lowest BCUT2D eigenvalue weighted by molar-refractivity contribution is -0.123. The zero-order chi connectivity index (χ0) is 18.6. The summed E-state index contributed by atoms with van der Waals surface area (Å²) in [5.41, 5.74) is 3.21. The van der Waals surface area contributed by atoms with E-state index >= 15 is 0 Å². The van der Waals surface area contributed by atoms with Crippen molar-refractivity contribution in [1.29, 1.82) is 0 Å². The van der Waals surface area contributed by atoms with Gasteiger partial charge in [-0.25, -0.2) is 5.43 Å². The number of methoxy groups -OCH3 is 1. The molecule has 6 heteroatoms. The summed E-state index contributed by atoms with van der Waals surface area (Å²) in [6.07, 6.45) is 3.60. The Hall–Kier alpha value is -3.02. The van der Waals surface area contributed by atoms with Gasteiger partial charge in [0.15, 0.2) is 18.1 Å². The Kier molecular flexibility index (Phi) is 7.99. The number of benzene rings is 2. The summed E-state index contributed by atoms with van der Waals surface area (Å²) >= 11 is 0. The summed E-state index contributed by atoms with van der Waals surface area (Å²) in [6.45, 7) is 2.66. The first-order valence-corrected chi connectivity index (χ1v) is 8.53. The molecule has 0 saturated heterocycles. The molecule has 0 bridgehead atoms. The maximum Gasteiger partial charge on any atom is 0.277 e. The number of carbonyl (C=O) groups excluding carboxylic acids is 1. The van der Waals surface area contributed by atoms with Crippen LogP contribution in [0.3, 0.4) is 0 Å². The smallest absolute Gasteiger partial charge is 0.277 e. The summed E-state index contributed by atoms with van der Waals surface area (Å²) in [7, 11) is 1.59. The van der Waals surface area contributed by atoms with Crippen molar-refractivity contribution in [2.45, 2.75) is 19.8 Å². The summed E-state index contributed by atoms with van der Waals surface area (Å²) in [5, 5.41) is 3.93. The number of amides is 1. The van der Waals surface area contributed by atoms with Crippen LogP contribution in [0, 0.1) is 0 Å². The molecule has 0 unspecified atom stereocenters. The lowest BCUT2D eigenvalue weighted by Crippen LogP contribution is -2.24. The number of para-hydroxylation sites is 1. The van der Waals surface area contributed by atoms with Crippen LogP contribution < -0.4 is 19.6 Å². The normalized spacial score (nSPS) is 10.5. The van der Waals surface area contributed by atoms with Crippen molar-refractivity contribution >= 4 is 12.1 Å². The van der Waals surface area contributed by atoms with Crippen LogP contribution in [0.25, 0.3) is 0 Å².